The summed E-state index contributed by atoms with van der Waals surface area (Å²) in [6.07, 6.45) is 1.97. The van der Waals surface area contributed by atoms with Crippen LogP contribution in [-0.4, -0.2) is 67.3 Å². The summed E-state index contributed by atoms with van der Waals surface area (Å²) in [6.45, 7) is 1.84. The van der Waals surface area contributed by atoms with Gasteiger partial charge in [-0.3, -0.25) is 4.79 Å². The van der Waals surface area contributed by atoms with E-state index in [1.165, 1.54) is 5.56 Å². The zero-order chi connectivity index (χ0) is 21.3. The van der Waals surface area contributed by atoms with Crippen molar-refractivity contribution in [2.24, 2.45) is 5.92 Å². The van der Waals surface area contributed by atoms with Gasteiger partial charge in [-0.1, -0.05) is 30.3 Å². The third-order valence-electron chi connectivity index (χ3n) is 7.27. The zero-order valence-electron chi connectivity index (χ0n) is 18.1. The molecule has 0 radical (unpaired) electrons. The first kappa shape index (κ1) is 20.9. The summed E-state index contributed by atoms with van der Waals surface area (Å²) >= 11 is 0. The Morgan fingerprint density at radius 3 is 2.70 bits per heavy atom. The number of hydrogen-bond donors (Lipinski definition) is 1. The minimum Gasteiger partial charge on any atom is -0.497 e. The highest BCUT2D eigenvalue weighted by Gasteiger charge is 2.52. The molecule has 1 heterocycles. The molecule has 30 heavy (non-hydrogen) atoms. The van der Waals surface area contributed by atoms with Gasteiger partial charge in [0.15, 0.2) is 0 Å². The van der Waals surface area contributed by atoms with Gasteiger partial charge in [-0.15, -0.1) is 0 Å². The number of aliphatic hydroxyl groups is 1. The number of carbonyl (C=O) groups is 1. The van der Waals surface area contributed by atoms with Crippen molar-refractivity contribution in [3.8, 4) is 5.75 Å². The molecular weight excluding hydrogens is 376 g/mol. The van der Waals surface area contributed by atoms with Crippen LogP contribution in [0.1, 0.15) is 35.2 Å². The van der Waals surface area contributed by atoms with Gasteiger partial charge in [0.05, 0.1) is 13.2 Å². The fourth-order valence-corrected chi connectivity index (χ4v) is 5.52. The number of benzene rings is 2. The number of aliphatic hydroxyl groups excluding tert-OH is 1. The SMILES string of the molecule is COc1cccc(C23CCN(C)CC2C(O)C[C@H](N(C)C(=O)c2ccccc2)C3)c1. The van der Waals surface area contributed by atoms with Crippen LogP contribution in [-0.2, 0) is 5.41 Å². The molecule has 1 N–H and O–H groups in total. The van der Waals surface area contributed by atoms with E-state index < -0.39 is 6.10 Å². The lowest BCUT2D eigenvalue weighted by Crippen LogP contribution is -2.60. The fourth-order valence-electron chi connectivity index (χ4n) is 5.52. The average Bonchev–Trinajstić information content (AvgIpc) is 2.79. The summed E-state index contributed by atoms with van der Waals surface area (Å²) in [5.74, 6) is 0.990. The third-order valence-corrected chi connectivity index (χ3v) is 7.27. The topological polar surface area (TPSA) is 53.0 Å². The van der Waals surface area contributed by atoms with Crippen LogP contribution in [0, 0.1) is 5.92 Å². The lowest BCUT2D eigenvalue weighted by atomic mass is 9.57. The smallest absolute Gasteiger partial charge is 0.253 e. The molecular formula is C25H32N2O3. The minimum atomic E-state index is -0.455. The van der Waals surface area contributed by atoms with Gasteiger partial charge in [-0.2, -0.15) is 0 Å². The molecule has 0 bridgehead atoms. The van der Waals surface area contributed by atoms with Crippen molar-refractivity contribution >= 4 is 5.91 Å². The largest absolute Gasteiger partial charge is 0.497 e. The highest BCUT2D eigenvalue weighted by atomic mass is 16.5. The van der Waals surface area contributed by atoms with Crippen molar-refractivity contribution in [1.82, 2.24) is 9.80 Å². The number of nitrogens with zero attached hydrogens (tertiary/aromatic N) is 2. The molecule has 4 rings (SSSR count). The van der Waals surface area contributed by atoms with E-state index in [4.69, 9.17) is 4.74 Å². The molecule has 2 aromatic rings. The van der Waals surface area contributed by atoms with Gasteiger partial charge >= 0.3 is 0 Å². The van der Waals surface area contributed by atoms with E-state index in [0.717, 1.165) is 31.7 Å². The first-order valence-corrected chi connectivity index (χ1v) is 10.8. The Kier molecular flexibility index (Phi) is 5.85. The Labute approximate surface area is 179 Å². The number of carbonyl (C=O) groups excluding carboxylic acids is 1. The van der Waals surface area contributed by atoms with Crippen LogP contribution < -0.4 is 4.74 Å². The highest BCUT2D eigenvalue weighted by molar-refractivity contribution is 5.94. The Hall–Kier alpha value is -2.37. The summed E-state index contributed by atoms with van der Waals surface area (Å²) in [5.41, 5.74) is 1.73. The molecule has 5 heteroatoms. The molecule has 2 aromatic carbocycles. The highest BCUT2D eigenvalue weighted by Crippen LogP contribution is 2.50. The first-order chi connectivity index (χ1) is 14.4. The van der Waals surface area contributed by atoms with Gasteiger partial charge in [0.25, 0.3) is 5.91 Å². The third kappa shape index (κ3) is 3.72. The van der Waals surface area contributed by atoms with Crippen LogP contribution in [0.4, 0.5) is 0 Å². The lowest BCUT2D eigenvalue weighted by molar-refractivity contribution is -0.0566. The number of rotatable bonds is 4. The van der Waals surface area contributed by atoms with E-state index in [9.17, 15) is 9.90 Å². The second-order valence-corrected chi connectivity index (χ2v) is 8.95. The Morgan fingerprint density at radius 1 is 1.20 bits per heavy atom. The summed E-state index contributed by atoms with van der Waals surface area (Å²) in [5, 5.41) is 11.3. The second kappa shape index (κ2) is 8.40. The normalized spacial score (nSPS) is 29.1. The second-order valence-electron chi connectivity index (χ2n) is 8.95. The van der Waals surface area contributed by atoms with E-state index in [-0.39, 0.29) is 23.3 Å². The predicted octanol–water partition coefficient (Wildman–Crippen LogP) is 3.18. The quantitative estimate of drug-likeness (QED) is 0.844. The molecule has 3 unspecified atom stereocenters. The fraction of sp³-hybridized carbons (Fsp3) is 0.480. The molecule has 160 valence electrons. The lowest BCUT2D eigenvalue weighted by Gasteiger charge is -2.55. The molecule has 1 aliphatic heterocycles. The minimum absolute atomic E-state index is 0.0139. The molecule has 0 spiro atoms. The zero-order valence-corrected chi connectivity index (χ0v) is 18.1. The number of likely N-dealkylation sites (tertiary alicyclic amines) is 1. The number of piperidine rings is 1. The van der Waals surface area contributed by atoms with Crippen molar-refractivity contribution in [3.05, 3.63) is 65.7 Å². The van der Waals surface area contributed by atoms with Crippen molar-refractivity contribution in [3.63, 3.8) is 0 Å². The number of fused-ring (bicyclic) bond motifs is 1. The molecule has 2 aliphatic rings. The van der Waals surface area contributed by atoms with Crippen molar-refractivity contribution < 1.29 is 14.6 Å². The van der Waals surface area contributed by atoms with Crippen LogP contribution in [0.2, 0.25) is 0 Å². The van der Waals surface area contributed by atoms with Crippen LogP contribution >= 0.6 is 0 Å². The Balaban J connectivity index is 1.69. The van der Waals surface area contributed by atoms with Crippen LogP contribution in [0.25, 0.3) is 0 Å². The summed E-state index contributed by atoms with van der Waals surface area (Å²) in [6, 6.07) is 17.7. The van der Waals surface area contributed by atoms with Crippen molar-refractivity contribution in [2.45, 2.75) is 36.8 Å². The van der Waals surface area contributed by atoms with E-state index >= 15 is 0 Å². The molecule has 1 aliphatic carbocycles. The molecule has 5 nitrogen and oxygen atoms in total. The maximum Gasteiger partial charge on any atom is 0.253 e. The maximum absolute atomic E-state index is 13.1. The van der Waals surface area contributed by atoms with E-state index in [1.807, 2.05) is 54.4 Å². The van der Waals surface area contributed by atoms with E-state index in [0.29, 0.717) is 12.0 Å². The standard InChI is InChI=1S/C25H32N2O3/c1-26-13-12-25(19-10-7-11-21(14-19)30-3)16-20(15-23(28)22(25)17-26)27(2)24(29)18-8-5-4-6-9-18/h4-11,14,20,22-23,28H,12-13,15-17H2,1-3H3/t20-,22?,23?,25?/m0/s1. The van der Waals surface area contributed by atoms with Crippen LogP contribution in [0.3, 0.4) is 0 Å². The molecule has 0 aromatic heterocycles. The number of amides is 1. The van der Waals surface area contributed by atoms with Gasteiger partial charge < -0.3 is 19.6 Å². The maximum atomic E-state index is 13.1. The average molecular weight is 409 g/mol. The molecule has 1 amide bonds. The summed E-state index contributed by atoms with van der Waals surface area (Å²) in [7, 11) is 5.69. The Morgan fingerprint density at radius 2 is 1.97 bits per heavy atom. The molecule has 1 saturated carbocycles. The monoisotopic (exact) mass is 408 g/mol. The molecule has 1 saturated heterocycles. The van der Waals surface area contributed by atoms with Crippen LogP contribution in [0.5, 0.6) is 5.75 Å². The number of ether oxygens (including phenoxy) is 1. The Bertz CT molecular complexity index is 887. The van der Waals surface area contributed by atoms with E-state index in [1.54, 1.807) is 7.11 Å². The van der Waals surface area contributed by atoms with Gasteiger partial charge in [0.2, 0.25) is 0 Å². The number of hydrogen-bond acceptors (Lipinski definition) is 4. The van der Waals surface area contributed by atoms with Gasteiger partial charge in [-0.25, -0.2) is 0 Å². The van der Waals surface area contributed by atoms with Crippen molar-refractivity contribution in [2.75, 3.05) is 34.3 Å². The summed E-state index contributed by atoms with van der Waals surface area (Å²) < 4.78 is 5.50. The van der Waals surface area contributed by atoms with Gasteiger partial charge in [0.1, 0.15) is 5.75 Å². The molecule has 4 atom stereocenters. The first-order valence-electron chi connectivity index (χ1n) is 10.8. The van der Waals surface area contributed by atoms with E-state index in [2.05, 4.69) is 24.1 Å². The number of methoxy groups -OCH3 is 1. The van der Waals surface area contributed by atoms with Crippen LogP contribution in [0.15, 0.2) is 54.6 Å². The molecule has 2 fully saturated rings. The summed E-state index contributed by atoms with van der Waals surface area (Å²) in [4.78, 5) is 17.3. The van der Waals surface area contributed by atoms with Gasteiger partial charge in [-0.05, 0) is 62.7 Å². The predicted molar refractivity (Wildman–Crippen MR) is 118 cm³/mol. The van der Waals surface area contributed by atoms with Crippen molar-refractivity contribution in [1.29, 1.82) is 0 Å². The van der Waals surface area contributed by atoms with Gasteiger partial charge in [0, 0.05) is 36.5 Å².